The van der Waals surface area contributed by atoms with Gasteiger partial charge in [0.2, 0.25) is 0 Å². The van der Waals surface area contributed by atoms with Gasteiger partial charge in [0.05, 0.1) is 13.7 Å². The van der Waals surface area contributed by atoms with Crippen LogP contribution in [0.3, 0.4) is 0 Å². The van der Waals surface area contributed by atoms with Gasteiger partial charge in [-0.05, 0) is 55.3 Å². The van der Waals surface area contributed by atoms with Gasteiger partial charge >= 0.3 is 5.97 Å². The van der Waals surface area contributed by atoms with Crippen LogP contribution in [0.4, 0.5) is 10.1 Å². The molecule has 1 amide bonds. The molecule has 0 saturated carbocycles. The molecule has 0 bridgehead atoms. The lowest BCUT2D eigenvalue weighted by Gasteiger charge is -2.08. The summed E-state index contributed by atoms with van der Waals surface area (Å²) in [4.78, 5) is 23.4. The summed E-state index contributed by atoms with van der Waals surface area (Å²) in [6.45, 7) is 1.55. The third-order valence-electron chi connectivity index (χ3n) is 3.67. The maximum absolute atomic E-state index is 13.4. The number of ether oxygens (including phenoxy) is 3. The molecule has 0 aliphatic heterocycles. The van der Waals surface area contributed by atoms with E-state index in [1.165, 1.54) is 6.07 Å². The number of amides is 1. The van der Waals surface area contributed by atoms with Crippen LogP contribution in [0.2, 0.25) is 0 Å². The van der Waals surface area contributed by atoms with Gasteiger partial charge in [0.25, 0.3) is 5.91 Å². The standard InChI is InChI=1S/C20H22FNO5/c1-14-5-6-15(12-18(14)21)22-19(23)13-27-20(24)4-3-11-26-17-9-7-16(25-2)8-10-17/h5-10,12H,3-4,11,13H2,1-2H3,(H,22,23). The van der Waals surface area contributed by atoms with Crippen LogP contribution < -0.4 is 14.8 Å². The third-order valence-corrected chi connectivity index (χ3v) is 3.67. The molecule has 0 radical (unpaired) electrons. The van der Waals surface area contributed by atoms with E-state index in [4.69, 9.17) is 14.2 Å². The van der Waals surface area contributed by atoms with Gasteiger partial charge in [-0.2, -0.15) is 0 Å². The zero-order valence-corrected chi connectivity index (χ0v) is 15.3. The van der Waals surface area contributed by atoms with E-state index in [0.717, 1.165) is 5.75 Å². The maximum Gasteiger partial charge on any atom is 0.306 e. The molecular weight excluding hydrogens is 353 g/mol. The van der Waals surface area contributed by atoms with Crippen molar-refractivity contribution in [3.05, 3.63) is 53.8 Å². The van der Waals surface area contributed by atoms with Crippen LogP contribution in [0.5, 0.6) is 11.5 Å². The molecule has 2 aromatic carbocycles. The molecule has 0 aromatic heterocycles. The Kier molecular flexibility index (Phi) is 7.61. The van der Waals surface area contributed by atoms with Crippen LogP contribution in [0, 0.1) is 12.7 Å². The molecule has 0 atom stereocenters. The van der Waals surface area contributed by atoms with E-state index in [1.807, 2.05) is 0 Å². The number of nitrogens with one attached hydrogen (secondary N) is 1. The summed E-state index contributed by atoms with van der Waals surface area (Å²) in [5.74, 6) is -0.0345. The first kappa shape index (κ1) is 20.2. The first-order chi connectivity index (χ1) is 13.0. The van der Waals surface area contributed by atoms with Gasteiger partial charge in [-0.3, -0.25) is 9.59 Å². The minimum Gasteiger partial charge on any atom is -0.497 e. The number of esters is 1. The van der Waals surface area contributed by atoms with E-state index in [2.05, 4.69) is 5.32 Å². The summed E-state index contributed by atoms with van der Waals surface area (Å²) >= 11 is 0. The number of rotatable bonds is 9. The average molecular weight is 375 g/mol. The molecule has 2 rings (SSSR count). The van der Waals surface area contributed by atoms with Gasteiger partial charge < -0.3 is 19.5 Å². The molecule has 0 heterocycles. The summed E-state index contributed by atoms with van der Waals surface area (Å²) in [5, 5.41) is 2.47. The lowest BCUT2D eigenvalue weighted by atomic mass is 10.2. The molecule has 0 aliphatic rings. The second-order valence-corrected chi connectivity index (χ2v) is 5.80. The van der Waals surface area contributed by atoms with E-state index >= 15 is 0 Å². The molecule has 2 aromatic rings. The molecule has 0 unspecified atom stereocenters. The number of carbonyl (C=O) groups excluding carboxylic acids is 2. The minimum absolute atomic E-state index is 0.128. The molecule has 0 aliphatic carbocycles. The second kappa shape index (κ2) is 10.2. The normalized spacial score (nSPS) is 10.2. The van der Waals surface area contributed by atoms with Gasteiger partial charge in [0, 0.05) is 12.1 Å². The number of anilines is 1. The highest BCUT2D eigenvalue weighted by molar-refractivity contribution is 5.92. The van der Waals surface area contributed by atoms with Gasteiger partial charge in [-0.15, -0.1) is 0 Å². The Morgan fingerprint density at radius 2 is 1.78 bits per heavy atom. The van der Waals surface area contributed by atoms with Gasteiger partial charge in [-0.1, -0.05) is 6.07 Å². The van der Waals surface area contributed by atoms with Gasteiger partial charge in [-0.25, -0.2) is 4.39 Å². The average Bonchev–Trinajstić information content (AvgIpc) is 2.67. The lowest BCUT2D eigenvalue weighted by molar-refractivity contribution is -0.147. The van der Waals surface area contributed by atoms with Gasteiger partial charge in [0.15, 0.2) is 6.61 Å². The molecule has 0 saturated heterocycles. The van der Waals surface area contributed by atoms with Crippen molar-refractivity contribution in [1.82, 2.24) is 0 Å². The topological polar surface area (TPSA) is 73.9 Å². The zero-order valence-electron chi connectivity index (χ0n) is 15.3. The molecule has 0 fully saturated rings. The number of benzene rings is 2. The highest BCUT2D eigenvalue weighted by atomic mass is 19.1. The second-order valence-electron chi connectivity index (χ2n) is 5.80. The van der Waals surface area contributed by atoms with Crippen molar-refractivity contribution in [2.45, 2.75) is 19.8 Å². The Morgan fingerprint density at radius 1 is 1.07 bits per heavy atom. The van der Waals surface area contributed by atoms with Gasteiger partial charge in [0.1, 0.15) is 17.3 Å². The van der Waals surface area contributed by atoms with Crippen molar-refractivity contribution in [2.24, 2.45) is 0 Å². The molecule has 1 N–H and O–H groups in total. The number of carbonyl (C=O) groups is 2. The van der Waals surface area contributed by atoms with Crippen molar-refractivity contribution >= 4 is 17.6 Å². The minimum atomic E-state index is -0.527. The Balaban J connectivity index is 1.62. The number of hydrogen-bond donors (Lipinski definition) is 1. The quantitative estimate of drug-likeness (QED) is 0.537. The predicted molar refractivity (Wildman–Crippen MR) is 98.4 cm³/mol. The summed E-state index contributed by atoms with van der Waals surface area (Å²) in [6.07, 6.45) is 0.582. The van der Waals surface area contributed by atoms with E-state index in [0.29, 0.717) is 30.0 Å². The Labute approximate surface area is 157 Å². The Bertz CT molecular complexity index is 776. The predicted octanol–water partition coefficient (Wildman–Crippen LogP) is 3.48. The van der Waals surface area contributed by atoms with Crippen molar-refractivity contribution in [1.29, 1.82) is 0 Å². The smallest absolute Gasteiger partial charge is 0.306 e. The summed E-state index contributed by atoms with van der Waals surface area (Å²) in [5.41, 5.74) is 0.795. The fraction of sp³-hybridized carbons (Fsp3) is 0.300. The highest BCUT2D eigenvalue weighted by Gasteiger charge is 2.09. The molecule has 0 spiro atoms. The van der Waals surface area contributed by atoms with Crippen LogP contribution in [-0.4, -0.2) is 32.2 Å². The van der Waals surface area contributed by atoms with Crippen molar-refractivity contribution in [3.63, 3.8) is 0 Å². The monoisotopic (exact) mass is 375 g/mol. The van der Waals surface area contributed by atoms with Crippen LogP contribution in [0.15, 0.2) is 42.5 Å². The van der Waals surface area contributed by atoms with Crippen LogP contribution in [-0.2, 0) is 14.3 Å². The molecule has 27 heavy (non-hydrogen) atoms. The first-order valence-electron chi connectivity index (χ1n) is 8.46. The maximum atomic E-state index is 13.4. The van der Waals surface area contributed by atoms with Crippen LogP contribution in [0.25, 0.3) is 0 Å². The molecule has 6 nitrogen and oxygen atoms in total. The van der Waals surface area contributed by atoms with E-state index in [9.17, 15) is 14.0 Å². The van der Waals surface area contributed by atoms with Crippen molar-refractivity contribution in [3.8, 4) is 11.5 Å². The molecular formula is C20H22FNO5. The largest absolute Gasteiger partial charge is 0.497 e. The number of aryl methyl sites for hydroxylation is 1. The summed E-state index contributed by atoms with van der Waals surface area (Å²) in [6, 6.07) is 11.5. The van der Waals surface area contributed by atoms with Crippen LogP contribution in [0.1, 0.15) is 18.4 Å². The van der Waals surface area contributed by atoms with E-state index in [1.54, 1.807) is 50.4 Å². The molecule has 7 heteroatoms. The summed E-state index contributed by atoms with van der Waals surface area (Å²) in [7, 11) is 1.58. The highest BCUT2D eigenvalue weighted by Crippen LogP contribution is 2.17. The molecule has 144 valence electrons. The van der Waals surface area contributed by atoms with E-state index < -0.39 is 24.3 Å². The lowest BCUT2D eigenvalue weighted by Crippen LogP contribution is -2.21. The van der Waals surface area contributed by atoms with E-state index in [-0.39, 0.29) is 6.42 Å². The van der Waals surface area contributed by atoms with Crippen molar-refractivity contribution in [2.75, 3.05) is 25.6 Å². The zero-order chi connectivity index (χ0) is 19.6. The SMILES string of the molecule is COc1ccc(OCCCC(=O)OCC(=O)Nc2ccc(C)c(F)c2)cc1. The fourth-order valence-corrected chi connectivity index (χ4v) is 2.16. The summed E-state index contributed by atoms with van der Waals surface area (Å²) < 4.78 is 28.9. The number of methoxy groups -OCH3 is 1. The van der Waals surface area contributed by atoms with Crippen LogP contribution >= 0.6 is 0 Å². The number of hydrogen-bond acceptors (Lipinski definition) is 5. The fourth-order valence-electron chi connectivity index (χ4n) is 2.16. The Hall–Kier alpha value is -3.09. The third kappa shape index (κ3) is 6.97. The van der Waals surface area contributed by atoms with Crippen molar-refractivity contribution < 1.29 is 28.2 Å². The first-order valence-corrected chi connectivity index (χ1v) is 8.46. The Morgan fingerprint density at radius 3 is 2.44 bits per heavy atom. The number of halogens is 1.